The fourth-order valence-corrected chi connectivity index (χ4v) is 6.51. The zero-order valence-corrected chi connectivity index (χ0v) is 23.8. The van der Waals surface area contributed by atoms with Crippen molar-refractivity contribution in [2.24, 2.45) is 5.92 Å². The number of nitrogens with zero attached hydrogens (tertiary/aromatic N) is 5. The standard InChI is InChI=1S/C29H29F2N7O3S/c1-13-22(28-37-24-21(42-28)6-8-33-23(24)14-3-4-14)27(36-20-9-15(5-7-32)25(39)26(20)40)38-29(35-13)34-12-17-18(30)10-16(41-2)11-19(17)31/h6,8,10-11,14-15,20,25-26,39-40H,3-5,9,12H2,1-2H3,(H2,34,35,36,38)/t15-,20+,25+,26-/m0/s1. The largest absolute Gasteiger partial charge is 0.497 e. The Kier molecular flexibility index (Phi) is 7.61. The van der Waals surface area contributed by atoms with E-state index < -0.39 is 35.8 Å². The van der Waals surface area contributed by atoms with Crippen LogP contribution in [-0.4, -0.2) is 55.5 Å². The quantitative estimate of drug-likeness (QED) is 0.216. The highest BCUT2D eigenvalue weighted by molar-refractivity contribution is 7.21. The van der Waals surface area contributed by atoms with E-state index in [9.17, 15) is 19.0 Å². The number of fused-ring (bicyclic) bond motifs is 1. The summed E-state index contributed by atoms with van der Waals surface area (Å²) in [6, 6.07) is 5.59. The van der Waals surface area contributed by atoms with Gasteiger partial charge in [0.2, 0.25) is 5.95 Å². The molecule has 0 spiro atoms. The van der Waals surface area contributed by atoms with E-state index in [-0.39, 0.29) is 30.2 Å². The average Bonchev–Trinajstić information content (AvgIpc) is 3.67. The molecule has 10 nitrogen and oxygen atoms in total. The van der Waals surface area contributed by atoms with Gasteiger partial charge in [-0.1, -0.05) is 0 Å². The van der Waals surface area contributed by atoms with Crippen LogP contribution < -0.4 is 15.4 Å². The van der Waals surface area contributed by atoms with Gasteiger partial charge in [-0.05, 0) is 32.3 Å². The van der Waals surface area contributed by atoms with Crippen molar-refractivity contribution in [2.75, 3.05) is 17.7 Å². The monoisotopic (exact) mass is 593 g/mol. The average molecular weight is 594 g/mol. The van der Waals surface area contributed by atoms with Crippen LogP contribution in [0.15, 0.2) is 24.4 Å². The molecular formula is C29H29F2N7O3S. The van der Waals surface area contributed by atoms with Crippen LogP contribution in [0.2, 0.25) is 0 Å². The molecule has 2 aliphatic carbocycles. The predicted molar refractivity (Wildman–Crippen MR) is 153 cm³/mol. The molecule has 3 aromatic heterocycles. The van der Waals surface area contributed by atoms with Crippen LogP contribution in [0.25, 0.3) is 20.8 Å². The van der Waals surface area contributed by atoms with Crippen molar-refractivity contribution in [1.29, 1.82) is 5.26 Å². The number of hydrogen-bond acceptors (Lipinski definition) is 11. The molecule has 0 saturated heterocycles. The van der Waals surface area contributed by atoms with Gasteiger partial charge in [-0.25, -0.2) is 18.7 Å². The number of aliphatic hydroxyl groups is 2. The molecule has 4 N–H and O–H groups in total. The fraction of sp³-hybridized carbons (Fsp3) is 0.414. The molecule has 6 rings (SSSR count). The maximum absolute atomic E-state index is 14.6. The summed E-state index contributed by atoms with van der Waals surface area (Å²) in [5.41, 5.74) is 2.76. The number of ether oxygens (including phenoxy) is 1. The molecule has 4 atom stereocenters. The molecule has 0 bridgehead atoms. The van der Waals surface area contributed by atoms with Gasteiger partial charge in [-0.2, -0.15) is 10.2 Å². The topological polar surface area (TPSA) is 149 Å². The summed E-state index contributed by atoms with van der Waals surface area (Å²) in [7, 11) is 1.33. The smallest absolute Gasteiger partial charge is 0.225 e. The van der Waals surface area contributed by atoms with E-state index in [4.69, 9.17) is 15.0 Å². The zero-order valence-electron chi connectivity index (χ0n) is 22.9. The number of halogens is 2. The lowest BCUT2D eigenvalue weighted by Crippen LogP contribution is -2.35. The Balaban J connectivity index is 1.37. The molecule has 0 radical (unpaired) electrons. The molecular weight excluding hydrogens is 564 g/mol. The highest BCUT2D eigenvalue weighted by atomic mass is 32.1. The number of nitriles is 1. The first kappa shape index (κ1) is 28.1. The van der Waals surface area contributed by atoms with Crippen LogP contribution in [0.3, 0.4) is 0 Å². The van der Waals surface area contributed by atoms with Crippen LogP contribution in [-0.2, 0) is 6.54 Å². The minimum absolute atomic E-state index is 0.0690. The number of anilines is 2. The van der Waals surface area contributed by atoms with Crippen molar-refractivity contribution >= 4 is 33.3 Å². The lowest BCUT2D eigenvalue weighted by Gasteiger charge is -2.21. The van der Waals surface area contributed by atoms with E-state index in [2.05, 4.69) is 31.7 Å². The van der Waals surface area contributed by atoms with Gasteiger partial charge in [-0.15, -0.1) is 11.3 Å². The molecule has 2 aliphatic rings. The summed E-state index contributed by atoms with van der Waals surface area (Å²) in [5.74, 6) is -1.02. The minimum atomic E-state index is -1.13. The molecule has 218 valence electrons. The SMILES string of the molecule is COc1cc(F)c(CNc2nc(C)c(-c3nc4c(C5CC5)nccc4s3)c(N[C@@H]3C[C@H](CC#N)[C@@H](O)[C@H]3O)n2)c(F)c1. The maximum Gasteiger partial charge on any atom is 0.225 e. The van der Waals surface area contributed by atoms with Crippen LogP contribution >= 0.6 is 11.3 Å². The lowest BCUT2D eigenvalue weighted by atomic mass is 10.0. The number of aliphatic hydroxyl groups excluding tert-OH is 2. The number of methoxy groups -OCH3 is 1. The van der Waals surface area contributed by atoms with Gasteiger partial charge < -0.3 is 25.6 Å². The van der Waals surface area contributed by atoms with Gasteiger partial charge in [0, 0.05) is 48.7 Å². The molecule has 0 aliphatic heterocycles. The summed E-state index contributed by atoms with van der Waals surface area (Å²) >= 11 is 1.47. The summed E-state index contributed by atoms with van der Waals surface area (Å²) in [6.07, 6.45) is 2.20. The first-order valence-corrected chi connectivity index (χ1v) is 14.5. The van der Waals surface area contributed by atoms with Gasteiger partial charge in [0.25, 0.3) is 0 Å². The number of nitrogens with one attached hydrogen (secondary N) is 2. The van der Waals surface area contributed by atoms with Crippen molar-refractivity contribution in [3.05, 3.63) is 53.0 Å². The third kappa shape index (κ3) is 5.33. The second-order valence-corrected chi connectivity index (χ2v) is 11.7. The van der Waals surface area contributed by atoms with Crippen molar-refractivity contribution in [2.45, 2.75) is 63.3 Å². The van der Waals surface area contributed by atoms with E-state index in [0.717, 1.165) is 40.9 Å². The van der Waals surface area contributed by atoms with Gasteiger partial charge in [0.05, 0.1) is 47.0 Å². The molecule has 42 heavy (non-hydrogen) atoms. The number of benzene rings is 1. The predicted octanol–water partition coefficient (Wildman–Crippen LogP) is 4.67. The minimum Gasteiger partial charge on any atom is -0.497 e. The van der Waals surface area contributed by atoms with Gasteiger partial charge in [-0.3, -0.25) is 4.98 Å². The normalized spacial score (nSPS) is 21.8. The first-order chi connectivity index (χ1) is 20.3. The second-order valence-electron chi connectivity index (χ2n) is 10.7. The van der Waals surface area contributed by atoms with E-state index in [1.807, 2.05) is 6.07 Å². The number of aromatic nitrogens is 4. The van der Waals surface area contributed by atoms with E-state index in [1.165, 1.54) is 18.4 Å². The van der Waals surface area contributed by atoms with Gasteiger partial charge in [0.1, 0.15) is 39.8 Å². The summed E-state index contributed by atoms with van der Waals surface area (Å²) in [5, 5.41) is 37.3. The third-order valence-corrected chi connectivity index (χ3v) is 8.89. The summed E-state index contributed by atoms with van der Waals surface area (Å²) < 4.78 is 35.1. The van der Waals surface area contributed by atoms with Crippen LogP contribution in [0.4, 0.5) is 20.5 Å². The first-order valence-electron chi connectivity index (χ1n) is 13.7. The van der Waals surface area contributed by atoms with Crippen LogP contribution in [0, 0.1) is 35.8 Å². The Labute approximate surface area is 244 Å². The Morgan fingerprint density at radius 3 is 2.60 bits per heavy atom. The van der Waals surface area contributed by atoms with Crippen molar-refractivity contribution < 1.29 is 23.7 Å². The molecule has 3 heterocycles. The third-order valence-electron chi connectivity index (χ3n) is 7.85. The highest BCUT2D eigenvalue weighted by Crippen LogP contribution is 2.44. The molecule has 4 aromatic rings. The molecule has 2 saturated carbocycles. The molecule has 1 aromatic carbocycles. The Morgan fingerprint density at radius 1 is 1.14 bits per heavy atom. The zero-order chi connectivity index (χ0) is 29.5. The number of rotatable bonds is 9. The van der Waals surface area contributed by atoms with E-state index in [1.54, 1.807) is 13.1 Å². The van der Waals surface area contributed by atoms with Crippen molar-refractivity contribution in [3.63, 3.8) is 0 Å². The Morgan fingerprint density at radius 2 is 1.90 bits per heavy atom. The lowest BCUT2D eigenvalue weighted by molar-refractivity contribution is 0.0183. The fourth-order valence-electron chi connectivity index (χ4n) is 5.45. The molecule has 0 amide bonds. The number of hydrogen-bond donors (Lipinski definition) is 4. The van der Waals surface area contributed by atoms with E-state index in [0.29, 0.717) is 34.4 Å². The Bertz CT molecular complexity index is 1670. The summed E-state index contributed by atoms with van der Waals surface area (Å²) in [4.78, 5) is 18.7. The van der Waals surface area contributed by atoms with Crippen LogP contribution in [0.5, 0.6) is 5.75 Å². The van der Waals surface area contributed by atoms with Crippen LogP contribution in [0.1, 0.15) is 48.6 Å². The van der Waals surface area contributed by atoms with Crippen molar-refractivity contribution in [3.8, 4) is 22.4 Å². The molecule has 13 heteroatoms. The second kappa shape index (κ2) is 11.4. The highest BCUT2D eigenvalue weighted by Gasteiger charge is 2.42. The number of pyridine rings is 1. The Hall–Kier alpha value is -3.99. The van der Waals surface area contributed by atoms with E-state index >= 15 is 0 Å². The van der Waals surface area contributed by atoms with Gasteiger partial charge in [0.15, 0.2) is 0 Å². The summed E-state index contributed by atoms with van der Waals surface area (Å²) in [6.45, 7) is 1.55. The van der Waals surface area contributed by atoms with Gasteiger partial charge >= 0.3 is 0 Å². The number of thiazole rings is 1. The molecule has 2 fully saturated rings. The van der Waals surface area contributed by atoms with Crippen molar-refractivity contribution in [1.82, 2.24) is 19.9 Å². The number of aryl methyl sites for hydroxylation is 1. The maximum atomic E-state index is 14.6. The molecule has 0 unspecified atom stereocenters.